The number of fused-ring (bicyclic) bond motifs is 1. The van der Waals surface area contributed by atoms with Gasteiger partial charge in [-0.2, -0.15) is 0 Å². The van der Waals surface area contributed by atoms with Crippen LogP contribution in [0.4, 0.5) is 0 Å². The highest BCUT2D eigenvalue weighted by atomic mass is 16.5. The molecule has 0 amide bonds. The molecule has 0 aromatic carbocycles. The molecule has 0 spiro atoms. The number of rotatable bonds is 1. The Labute approximate surface area is 73.6 Å². The lowest BCUT2D eigenvalue weighted by Gasteiger charge is -2.51. The van der Waals surface area contributed by atoms with E-state index in [9.17, 15) is 10.2 Å². The minimum atomic E-state index is -1.07. The van der Waals surface area contributed by atoms with E-state index in [0.29, 0.717) is 5.92 Å². The zero-order chi connectivity index (χ0) is 8.72. The molecule has 2 nitrogen and oxygen atoms in total. The molecule has 3 unspecified atom stereocenters. The highest BCUT2D eigenvalue weighted by Gasteiger charge is 2.46. The summed E-state index contributed by atoms with van der Waals surface area (Å²) in [6.07, 6.45) is 3.77. The summed E-state index contributed by atoms with van der Waals surface area (Å²) in [5, 5.41) is 18.3. The zero-order valence-electron chi connectivity index (χ0n) is 7.61. The van der Waals surface area contributed by atoms with Crippen LogP contribution in [-0.2, 0) is 0 Å². The van der Waals surface area contributed by atoms with E-state index in [1.807, 2.05) is 0 Å². The first-order valence-electron chi connectivity index (χ1n) is 5.06. The van der Waals surface area contributed by atoms with Crippen molar-refractivity contribution < 1.29 is 10.2 Å². The smallest absolute Gasteiger partial charge is 0.154 e. The normalized spacial score (nSPS) is 47.0. The third-order valence-electron chi connectivity index (χ3n) is 3.87. The summed E-state index contributed by atoms with van der Waals surface area (Å²) in [6.45, 7) is 2.24. The van der Waals surface area contributed by atoms with Gasteiger partial charge < -0.3 is 10.2 Å². The zero-order valence-corrected chi connectivity index (χ0v) is 7.61. The topological polar surface area (TPSA) is 40.5 Å². The van der Waals surface area contributed by atoms with Gasteiger partial charge in [0.2, 0.25) is 0 Å². The van der Waals surface area contributed by atoms with Gasteiger partial charge in [0.05, 0.1) is 0 Å². The predicted octanol–water partition coefficient (Wildman–Crippen LogP) is 1.37. The number of hydrogen-bond donors (Lipinski definition) is 2. The van der Waals surface area contributed by atoms with Crippen LogP contribution >= 0.6 is 0 Å². The van der Waals surface area contributed by atoms with E-state index < -0.39 is 6.29 Å². The van der Waals surface area contributed by atoms with E-state index >= 15 is 0 Å². The van der Waals surface area contributed by atoms with Crippen molar-refractivity contribution in [1.82, 2.24) is 0 Å². The van der Waals surface area contributed by atoms with Gasteiger partial charge in [0.15, 0.2) is 6.29 Å². The maximum Gasteiger partial charge on any atom is 0.154 e. The van der Waals surface area contributed by atoms with Crippen LogP contribution in [0.25, 0.3) is 0 Å². The quantitative estimate of drug-likeness (QED) is 0.583. The van der Waals surface area contributed by atoms with Crippen LogP contribution in [0.1, 0.15) is 32.6 Å². The Morgan fingerprint density at radius 1 is 1.25 bits per heavy atom. The molecule has 70 valence electrons. The number of aliphatic hydroxyl groups excluding tert-OH is 1. The third-order valence-corrected chi connectivity index (χ3v) is 3.87. The van der Waals surface area contributed by atoms with Crippen LogP contribution in [-0.4, -0.2) is 16.5 Å². The molecule has 0 aliphatic heterocycles. The van der Waals surface area contributed by atoms with Gasteiger partial charge in [0, 0.05) is 5.92 Å². The minimum absolute atomic E-state index is 0.174. The molecule has 0 radical (unpaired) electrons. The fourth-order valence-electron chi connectivity index (χ4n) is 3.30. The van der Waals surface area contributed by atoms with Gasteiger partial charge in [0.25, 0.3) is 0 Å². The molecule has 0 aromatic heterocycles. The maximum absolute atomic E-state index is 9.17. The molecule has 2 aliphatic carbocycles. The lowest BCUT2D eigenvalue weighted by molar-refractivity contribution is -0.153. The first-order chi connectivity index (χ1) is 5.70. The molecule has 2 N–H and O–H groups in total. The van der Waals surface area contributed by atoms with Gasteiger partial charge in [-0.15, -0.1) is 0 Å². The molecule has 0 heterocycles. The Kier molecular flexibility index (Phi) is 2.13. The van der Waals surface area contributed by atoms with E-state index in [2.05, 4.69) is 6.92 Å². The fraction of sp³-hybridized carbons (Fsp3) is 1.00. The average molecular weight is 170 g/mol. The third kappa shape index (κ3) is 1.17. The maximum atomic E-state index is 9.17. The first kappa shape index (κ1) is 8.52. The fourth-order valence-corrected chi connectivity index (χ4v) is 3.30. The van der Waals surface area contributed by atoms with Gasteiger partial charge in [-0.05, 0) is 30.6 Å². The molecular weight excluding hydrogens is 152 g/mol. The Morgan fingerprint density at radius 3 is 2.50 bits per heavy atom. The lowest BCUT2D eigenvalue weighted by Crippen LogP contribution is -2.47. The van der Waals surface area contributed by atoms with Crippen LogP contribution in [0.3, 0.4) is 0 Å². The van der Waals surface area contributed by atoms with Gasteiger partial charge in [-0.1, -0.05) is 19.8 Å². The Hall–Kier alpha value is -0.0800. The van der Waals surface area contributed by atoms with Crippen LogP contribution in [0.5, 0.6) is 0 Å². The molecule has 2 fully saturated rings. The van der Waals surface area contributed by atoms with E-state index in [1.54, 1.807) is 0 Å². The largest absolute Gasteiger partial charge is 0.368 e. The van der Waals surface area contributed by atoms with Crippen LogP contribution in [0.15, 0.2) is 0 Å². The molecule has 2 saturated carbocycles. The first-order valence-corrected chi connectivity index (χ1v) is 5.06. The summed E-state index contributed by atoms with van der Waals surface area (Å²) >= 11 is 0. The van der Waals surface area contributed by atoms with Crippen molar-refractivity contribution in [1.29, 1.82) is 0 Å². The Balaban J connectivity index is 2.03. The van der Waals surface area contributed by atoms with Crippen molar-refractivity contribution in [2.75, 3.05) is 0 Å². The molecule has 2 aliphatic rings. The van der Waals surface area contributed by atoms with E-state index in [1.165, 1.54) is 19.3 Å². The van der Waals surface area contributed by atoms with Crippen molar-refractivity contribution in [3.8, 4) is 0 Å². The second kappa shape index (κ2) is 3.00. The Bertz CT molecular complexity index is 160. The summed E-state index contributed by atoms with van der Waals surface area (Å²) in [5.41, 5.74) is 0. The van der Waals surface area contributed by atoms with Crippen molar-refractivity contribution in [2.24, 2.45) is 23.7 Å². The summed E-state index contributed by atoms with van der Waals surface area (Å²) < 4.78 is 0. The van der Waals surface area contributed by atoms with Crippen molar-refractivity contribution in [3.63, 3.8) is 0 Å². The van der Waals surface area contributed by atoms with Gasteiger partial charge in [0.1, 0.15) is 0 Å². The van der Waals surface area contributed by atoms with Crippen LogP contribution in [0, 0.1) is 23.7 Å². The standard InChI is InChI=1S/C10H18O2/c1-6-5-7-3-2-4-8(9(6)7)10(11)12/h6-12H,2-5H2,1H3/t6-,7?,8?,9?/m1/s1. The highest BCUT2D eigenvalue weighted by molar-refractivity contribution is 4.94. The van der Waals surface area contributed by atoms with Gasteiger partial charge in [-0.25, -0.2) is 0 Å². The lowest BCUT2D eigenvalue weighted by atomic mass is 9.55. The average Bonchev–Trinajstić information content (AvgIpc) is 2.01. The molecular formula is C10H18O2. The van der Waals surface area contributed by atoms with E-state index in [4.69, 9.17) is 0 Å². The van der Waals surface area contributed by atoms with Gasteiger partial charge in [-0.3, -0.25) is 0 Å². The van der Waals surface area contributed by atoms with Crippen molar-refractivity contribution >= 4 is 0 Å². The van der Waals surface area contributed by atoms with Crippen molar-refractivity contribution in [2.45, 2.75) is 38.9 Å². The second-order valence-corrected chi connectivity index (χ2v) is 4.56. The minimum Gasteiger partial charge on any atom is -0.368 e. The molecule has 12 heavy (non-hydrogen) atoms. The van der Waals surface area contributed by atoms with Crippen LogP contribution in [0.2, 0.25) is 0 Å². The summed E-state index contributed by atoms with van der Waals surface area (Å²) in [6, 6.07) is 0. The highest BCUT2D eigenvalue weighted by Crippen LogP contribution is 2.52. The van der Waals surface area contributed by atoms with Gasteiger partial charge >= 0.3 is 0 Å². The van der Waals surface area contributed by atoms with E-state index in [-0.39, 0.29) is 5.92 Å². The molecule has 0 saturated heterocycles. The molecule has 4 atom stereocenters. The molecule has 2 heteroatoms. The number of aliphatic hydroxyl groups is 2. The van der Waals surface area contributed by atoms with Crippen LogP contribution < -0.4 is 0 Å². The molecule has 2 rings (SSSR count). The summed E-state index contributed by atoms with van der Waals surface area (Å²) in [7, 11) is 0. The molecule has 0 aromatic rings. The predicted molar refractivity (Wildman–Crippen MR) is 46.3 cm³/mol. The summed E-state index contributed by atoms with van der Waals surface area (Å²) in [4.78, 5) is 0. The Morgan fingerprint density at radius 2 is 2.00 bits per heavy atom. The number of hydrogen-bond acceptors (Lipinski definition) is 2. The molecule has 0 bridgehead atoms. The monoisotopic (exact) mass is 170 g/mol. The van der Waals surface area contributed by atoms with E-state index in [0.717, 1.165) is 18.3 Å². The SMILES string of the molecule is C[C@@H]1CC2CCCC(C(O)O)C21. The van der Waals surface area contributed by atoms with Crippen molar-refractivity contribution in [3.05, 3.63) is 0 Å². The second-order valence-electron chi connectivity index (χ2n) is 4.56. The summed E-state index contributed by atoms with van der Waals surface area (Å²) in [5.74, 6) is 2.31.